The molecule has 0 unspecified atom stereocenters. The van der Waals surface area contributed by atoms with Gasteiger partial charge in [-0.25, -0.2) is 4.39 Å². The topological polar surface area (TPSA) is 44.5 Å². The molecular weight excluding hydrogens is 197 g/mol. The second kappa shape index (κ2) is 6.24. The quantitative estimate of drug-likeness (QED) is 0.779. The Morgan fingerprint density at radius 2 is 2.13 bits per heavy atom. The van der Waals surface area contributed by atoms with Crippen molar-refractivity contribution in [3.8, 4) is 11.5 Å². The summed E-state index contributed by atoms with van der Waals surface area (Å²) < 4.78 is 22.3. The van der Waals surface area contributed by atoms with E-state index in [1.54, 1.807) is 13.2 Å². The van der Waals surface area contributed by atoms with Gasteiger partial charge in [-0.05, 0) is 30.7 Å². The molecule has 4 heteroatoms. The number of benzene rings is 1. The van der Waals surface area contributed by atoms with E-state index in [1.807, 2.05) is 12.1 Å². The summed E-state index contributed by atoms with van der Waals surface area (Å²) in [5.74, 6) is 1.19. The van der Waals surface area contributed by atoms with Crippen LogP contribution < -0.4 is 15.2 Å². The Bertz CT molecular complexity index is 305. The minimum atomic E-state index is -0.510. The van der Waals surface area contributed by atoms with E-state index >= 15 is 0 Å². The number of methoxy groups -OCH3 is 1. The highest BCUT2D eigenvalue weighted by Gasteiger charge is 2.05. The van der Waals surface area contributed by atoms with Gasteiger partial charge in [-0.3, -0.25) is 0 Å². The summed E-state index contributed by atoms with van der Waals surface area (Å²) in [4.78, 5) is 0. The number of rotatable bonds is 6. The van der Waals surface area contributed by atoms with Gasteiger partial charge < -0.3 is 15.2 Å². The number of ether oxygens (including phenoxy) is 2. The van der Waals surface area contributed by atoms with Crippen molar-refractivity contribution in [3.05, 3.63) is 23.8 Å². The van der Waals surface area contributed by atoms with E-state index < -0.39 is 6.67 Å². The van der Waals surface area contributed by atoms with E-state index in [1.165, 1.54) is 0 Å². The average molecular weight is 213 g/mol. The molecule has 3 nitrogen and oxygen atoms in total. The fourth-order valence-electron chi connectivity index (χ4n) is 1.30. The van der Waals surface area contributed by atoms with Crippen molar-refractivity contribution in [2.24, 2.45) is 5.73 Å². The molecule has 0 saturated carbocycles. The first-order chi connectivity index (χ1) is 7.31. The highest BCUT2D eigenvalue weighted by Crippen LogP contribution is 2.28. The van der Waals surface area contributed by atoms with Gasteiger partial charge in [-0.15, -0.1) is 0 Å². The van der Waals surface area contributed by atoms with Crippen molar-refractivity contribution >= 4 is 0 Å². The third-order valence-electron chi connectivity index (χ3n) is 2.00. The summed E-state index contributed by atoms with van der Waals surface area (Å²) in [6.45, 7) is 0.113. The van der Waals surface area contributed by atoms with Crippen molar-refractivity contribution in [1.82, 2.24) is 0 Å². The van der Waals surface area contributed by atoms with Crippen LogP contribution >= 0.6 is 0 Å². The van der Waals surface area contributed by atoms with Crippen molar-refractivity contribution in [1.29, 1.82) is 0 Å². The molecule has 2 N–H and O–H groups in total. The summed E-state index contributed by atoms with van der Waals surface area (Å²) in [6, 6.07) is 5.56. The zero-order chi connectivity index (χ0) is 11.1. The minimum Gasteiger partial charge on any atom is -0.493 e. The predicted octanol–water partition coefficient (Wildman–Crippen LogP) is 1.54. The van der Waals surface area contributed by atoms with Crippen LogP contribution in [0.1, 0.15) is 5.56 Å². The lowest BCUT2D eigenvalue weighted by atomic mass is 10.1. The summed E-state index contributed by atoms with van der Waals surface area (Å²) in [5, 5.41) is 0. The molecule has 0 bridgehead atoms. The highest BCUT2D eigenvalue weighted by atomic mass is 19.1. The maximum Gasteiger partial charge on any atom is 0.161 e. The Balaban J connectivity index is 2.81. The molecule has 0 saturated heterocycles. The van der Waals surface area contributed by atoms with Crippen LogP contribution in [0.3, 0.4) is 0 Å². The van der Waals surface area contributed by atoms with Crippen LogP contribution in [-0.4, -0.2) is 26.9 Å². The molecule has 1 aromatic carbocycles. The summed E-state index contributed by atoms with van der Waals surface area (Å²) >= 11 is 0. The number of hydrogen-bond acceptors (Lipinski definition) is 3. The average Bonchev–Trinajstić information content (AvgIpc) is 2.27. The molecule has 15 heavy (non-hydrogen) atoms. The molecule has 84 valence electrons. The molecule has 0 aromatic heterocycles. The second-order valence-corrected chi connectivity index (χ2v) is 3.06. The molecule has 0 fully saturated rings. The first-order valence-electron chi connectivity index (χ1n) is 4.87. The molecule has 0 aliphatic heterocycles. The molecule has 0 aliphatic rings. The number of nitrogens with two attached hydrogens (primary N) is 1. The number of hydrogen-bond donors (Lipinski definition) is 1. The van der Waals surface area contributed by atoms with Gasteiger partial charge in [-0.1, -0.05) is 6.07 Å². The van der Waals surface area contributed by atoms with E-state index in [4.69, 9.17) is 15.2 Å². The van der Waals surface area contributed by atoms with Crippen LogP contribution in [0.4, 0.5) is 4.39 Å². The second-order valence-electron chi connectivity index (χ2n) is 3.06. The first-order valence-corrected chi connectivity index (χ1v) is 4.87. The Labute approximate surface area is 89.0 Å². The van der Waals surface area contributed by atoms with E-state index in [2.05, 4.69) is 0 Å². The van der Waals surface area contributed by atoms with Crippen LogP contribution in [0.2, 0.25) is 0 Å². The van der Waals surface area contributed by atoms with Crippen molar-refractivity contribution in [3.63, 3.8) is 0 Å². The third-order valence-corrected chi connectivity index (χ3v) is 2.00. The lowest BCUT2D eigenvalue weighted by Crippen LogP contribution is -2.04. The molecule has 1 rings (SSSR count). The molecular formula is C11H16FNO2. The number of halogens is 1. The lowest BCUT2D eigenvalue weighted by Gasteiger charge is -2.10. The summed E-state index contributed by atoms with van der Waals surface area (Å²) in [6.07, 6.45) is 0.774. The zero-order valence-corrected chi connectivity index (χ0v) is 8.83. The number of alkyl halides is 1. The van der Waals surface area contributed by atoms with Gasteiger partial charge in [-0.2, -0.15) is 0 Å². The molecule has 1 aromatic rings. The van der Waals surface area contributed by atoms with Crippen LogP contribution in [0.5, 0.6) is 11.5 Å². The fraction of sp³-hybridized carbons (Fsp3) is 0.455. The molecule has 0 spiro atoms. The van der Waals surface area contributed by atoms with Gasteiger partial charge in [0, 0.05) is 0 Å². The largest absolute Gasteiger partial charge is 0.493 e. The van der Waals surface area contributed by atoms with E-state index in [0.717, 1.165) is 12.0 Å². The van der Waals surface area contributed by atoms with Gasteiger partial charge >= 0.3 is 0 Å². The van der Waals surface area contributed by atoms with Crippen LogP contribution in [-0.2, 0) is 6.42 Å². The summed E-state index contributed by atoms with van der Waals surface area (Å²) in [5.41, 5.74) is 6.51. The SMILES string of the molecule is COc1ccc(CCN)cc1OCCF. The van der Waals surface area contributed by atoms with Crippen molar-refractivity contribution in [2.75, 3.05) is 26.9 Å². The fourth-order valence-corrected chi connectivity index (χ4v) is 1.30. The Hall–Kier alpha value is -1.29. The molecule has 0 radical (unpaired) electrons. The molecule has 0 aliphatic carbocycles. The maximum absolute atomic E-state index is 12.0. The minimum absolute atomic E-state index is 0.0441. The van der Waals surface area contributed by atoms with Gasteiger partial charge in [0.2, 0.25) is 0 Å². The highest BCUT2D eigenvalue weighted by molar-refractivity contribution is 5.43. The monoisotopic (exact) mass is 213 g/mol. The summed E-state index contributed by atoms with van der Waals surface area (Å²) in [7, 11) is 1.56. The van der Waals surface area contributed by atoms with Gasteiger partial charge in [0.05, 0.1) is 7.11 Å². The van der Waals surface area contributed by atoms with Crippen LogP contribution in [0.15, 0.2) is 18.2 Å². The predicted molar refractivity (Wildman–Crippen MR) is 57.2 cm³/mol. The van der Waals surface area contributed by atoms with Crippen LogP contribution in [0, 0.1) is 0 Å². The van der Waals surface area contributed by atoms with Crippen LogP contribution in [0.25, 0.3) is 0 Å². The maximum atomic E-state index is 12.0. The molecule has 0 heterocycles. The van der Waals surface area contributed by atoms with E-state index in [-0.39, 0.29) is 6.61 Å². The first kappa shape index (κ1) is 11.8. The molecule has 0 amide bonds. The van der Waals surface area contributed by atoms with E-state index in [9.17, 15) is 4.39 Å². The van der Waals surface area contributed by atoms with Crippen molar-refractivity contribution in [2.45, 2.75) is 6.42 Å². The third kappa shape index (κ3) is 3.40. The Morgan fingerprint density at radius 1 is 1.33 bits per heavy atom. The van der Waals surface area contributed by atoms with E-state index in [0.29, 0.717) is 18.0 Å². The Kier molecular flexibility index (Phi) is 4.90. The van der Waals surface area contributed by atoms with Gasteiger partial charge in [0.1, 0.15) is 13.3 Å². The van der Waals surface area contributed by atoms with Crippen molar-refractivity contribution < 1.29 is 13.9 Å². The molecule has 0 atom stereocenters. The zero-order valence-electron chi connectivity index (χ0n) is 8.83. The van der Waals surface area contributed by atoms with Gasteiger partial charge in [0.15, 0.2) is 11.5 Å². The Morgan fingerprint density at radius 3 is 2.73 bits per heavy atom. The van der Waals surface area contributed by atoms with Gasteiger partial charge in [0.25, 0.3) is 0 Å². The standard InChI is InChI=1S/C11H16FNO2/c1-14-10-3-2-9(4-6-13)8-11(10)15-7-5-12/h2-3,8H,4-7,13H2,1H3. The smallest absolute Gasteiger partial charge is 0.161 e. The lowest BCUT2D eigenvalue weighted by molar-refractivity contribution is 0.260. The normalized spacial score (nSPS) is 10.1.